The zero-order chi connectivity index (χ0) is 21.1. The van der Waals surface area contributed by atoms with Crippen LogP contribution in [0.1, 0.15) is 53.0 Å². The lowest BCUT2D eigenvalue weighted by Gasteiger charge is -2.35. The summed E-state index contributed by atoms with van der Waals surface area (Å²) in [6, 6.07) is 1.64. The first-order valence-corrected chi connectivity index (χ1v) is 9.47. The van der Waals surface area contributed by atoms with E-state index < -0.39 is 28.9 Å². The Balaban J connectivity index is 2.01. The van der Waals surface area contributed by atoms with Gasteiger partial charge in [-0.25, -0.2) is 9.78 Å². The smallest absolute Gasteiger partial charge is 0.413 e. The quantitative estimate of drug-likeness (QED) is 0.682. The highest BCUT2D eigenvalue weighted by Gasteiger charge is 2.39. The third kappa shape index (κ3) is 5.76. The van der Waals surface area contributed by atoms with Gasteiger partial charge in [-0.2, -0.15) is 0 Å². The van der Waals surface area contributed by atoms with Crippen LogP contribution in [0.3, 0.4) is 0 Å². The molecule has 28 heavy (non-hydrogen) atoms. The number of aromatic nitrogens is 1. The number of hydrogen-bond donors (Lipinski definition) is 3. The van der Waals surface area contributed by atoms with Crippen molar-refractivity contribution in [2.45, 2.75) is 65.5 Å². The van der Waals surface area contributed by atoms with Crippen molar-refractivity contribution < 1.29 is 19.1 Å². The molecular weight excluding hydrogens is 360 g/mol. The Morgan fingerprint density at radius 3 is 2.50 bits per heavy atom. The average molecular weight is 390 g/mol. The molecule has 2 atom stereocenters. The van der Waals surface area contributed by atoms with E-state index in [1.54, 1.807) is 40.7 Å². The second kappa shape index (κ2) is 8.26. The van der Waals surface area contributed by atoms with Gasteiger partial charge in [0.05, 0.1) is 17.4 Å². The molecule has 1 aliphatic rings. The molecule has 3 N–H and O–H groups in total. The standard InChI is InChI=1S/C20H30N4O4/c1-12-7-8-20(6,22-10-12)15(25)17(26)23-14-9-13(2)16(21-11-14)24-18(27)28-19(3,4)5/h9,11-12,22H,7-8,10H2,1-6H3,(H,23,26)(H,21,24,27)/t12-,20+/m1/s1. The molecule has 1 aromatic rings. The molecule has 0 unspecified atom stereocenters. The van der Waals surface area contributed by atoms with E-state index in [4.69, 9.17) is 4.74 Å². The van der Waals surface area contributed by atoms with E-state index in [0.29, 0.717) is 36.0 Å². The Bertz CT molecular complexity index is 762. The molecule has 0 saturated carbocycles. The highest BCUT2D eigenvalue weighted by Crippen LogP contribution is 2.24. The number of carbonyl (C=O) groups is 3. The molecule has 1 saturated heterocycles. The predicted molar refractivity (Wildman–Crippen MR) is 107 cm³/mol. The second-order valence-electron chi connectivity index (χ2n) is 8.66. The van der Waals surface area contributed by atoms with E-state index in [9.17, 15) is 14.4 Å². The highest BCUT2D eigenvalue weighted by molar-refractivity contribution is 6.43. The maximum Gasteiger partial charge on any atom is 0.413 e. The molecule has 1 fully saturated rings. The van der Waals surface area contributed by atoms with Crippen LogP contribution in [0.25, 0.3) is 0 Å². The topological polar surface area (TPSA) is 109 Å². The zero-order valence-electron chi connectivity index (χ0n) is 17.4. The maximum absolute atomic E-state index is 12.6. The Hall–Kier alpha value is -2.48. The molecule has 0 aromatic carbocycles. The number of piperidine rings is 1. The number of carbonyl (C=O) groups excluding carboxylic acids is 3. The summed E-state index contributed by atoms with van der Waals surface area (Å²) >= 11 is 0. The van der Waals surface area contributed by atoms with Gasteiger partial charge in [0, 0.05) is 0 Å². The van der Waals surface area contributed by atoms with E-state index in [1.165, 1.54) is 6.20 Å². The summed E-state index contributed by atoms with van der Waals surface area (Å²) in [6.07, 6.45) is 2.30. The number of anilines is 2. The van der Waals surface area contributed by atoms with E-state index in [0.717, 1.165) is 6.42 Å². The lowest BCUT2D eigenvalue weighted by atomic mass is 9.83. The fourth-order valence-electron chi connectivity index (χ4n) is 2.93. The molecule has 2 amide bonds. The molecule has 1 aliphatic heterocycles. The fraction of sp³-hybridized carbons (Fsp3) is 0.600. The zero-order valence-corrected chi connectivity index (χ0v) is 17.4. The summed E-state index contributed by atoms with van der Waals surface area (Å²) < 4.78 is 5.20. The first-order chi connectivity index (χ1) is 12.9. The highest BCUT2D eigenvalue weighted by atomic mass is 16.6. The summed E-state index contributed by atoms with van der Waals surface area (Å²) in [6.45, 7) is 11.6. The summed E-state index contributed by atoms with van der Waals surface area (Å²) in [5.41, 5.74) is -0.449. The molecule has 8 nitrogen and oxygen atoms in total. The first kappa shape index (κ1) is 21.8. The minimum absolute atomic E-state index is 0.327. The molecule has 2 heterocycles. The molecule has 0 bridgehead atoms. The van der Waals surface area contributed by atoms with Gasteiger partial charge in [-0.05, 0) is 71.6 Å². The summed E-state index contributed by atoms with van der Waals surface area (Å²) in [5, 5.41) is 8.36. The van der Waals surface area contributed by atoms with Crippen molar-refractivity contribution in [3.8, 4) is 0 Å². The second-order valence-corrected chi connectivity index (χ2v) is 8.66. The van der Waals surface area contributed by atoms with Crippen LogP contribution in [0.2, 0.25) is 0 Å². The Kier molecular flexibility index (Phi) is 6.44. The van der Waals surface area contributed by atoms with Gasteiger partial charge in [0.15, 0.2) is 0 Å². The van der Waals surface area contributed by atoms with Crippen molar-refractivity contribution >= 4 is 29.3 Å². The van der Waals surface area contributed by atoms with Crippen molar-refractivity contribution in [2.24, 2.45) is 5.92 Å². The third-order valence-electron chi connectivity index (χ3n) is 4.64. The fourth-order valence-corrected chi connectivity index (χ4v) is 2.93. The average Bonchev–Trinajstić information content (AvgIpc) is 2.58. The Labute approximate surface area is 165 Å². The third-order valence-corrected chi connectivity index (χ3v) is 4.64. The SMILES string of the molecule is Cc1cc(NC(=O)C(=O)[C@]2(C)CC[C@@H](C)CN2)cnc1NC(=O)OC(C)(C)C. The number of hydrogen-bond acceptors (Lipinski definition) is 6. The number of amides is 2. The lowest BCUT2D eigenvalue weighted by molar-refractivity contribution is -0.139. The van der Waals surface area contributed by atoms with Crippen molar-refractivity contribution in [1.82, 2.24) is 10.3 Å². The van der Waals surface area contributed by atoms with Gasteiger partial charge in [-0.3, -0.25) is 14.9 Å². The number of ether oxygens (including phenoxy) is 1. The van der Waals surface area contributed by atoms with E-state index in [-0.39, 0.29) is 0 Å². The molecular formula is C20H30N4O4. The largest absolute Gasteiger partial charge is 0.444 e. The molecule has 1 aromatic heterocycles. The van der Waals surface area contributed by atoms with Crippen LogP contribution in [-0.4, -0.2) is 40.5 Å². The van der Waals surface area contributed by atoms with Crippen molar-refractivity contribution in [1.29, 1.82) is 0 Å². The first-order valence-electron chi connectivity index (χ1n) is 9.47. The Morgan fingerprint density at radius 2 is 1.96 bits per heavy atom. The summed E-state index contributed by atoms with van der Waals surface area (Å²) in [7, 11) is 0. The van der Waals surface area contributed by atoms with Crippen LogP contribution in [0.5, 0.6) is 0 Å². The lowest BCUT2D eigenvalue weighted by Crippen LogP contribution is -2.57. The van der Waals surface area contributed by atoms with Gasteiger partial charge in [-0.15, -0.1) is 0 Å². The van der Waals surface area contributed by atoms with Crippen LogP contribution in [0.15, 0.2) is 12.3 Å². The van der Waals surface area contributed by atoms with Gasteiger partial charge < -0.3 is 15.4 Å². The Morgan fingerprint density at radius 1 is 1.29 bits per heavy atom. The minimum atomic E-state index is -0.850. The van der Waals surface area contributed by atoms with Crippen LogP contribution in [0, 0.1) is 12.8 Å². The summed E-state index contributed by atoms with van der Waals surface area (Å²) in [4.78, 5) is 41.0. The molecule has 0 aliphatic carbocycles. The minimum Gasteiger partial charge on any atom is -0.444 e. The van der Waals surface area contributed by atoms with E-state index in [2.05, 4.69) is 27.9 Å². The number of pyridine rings is 1. The molecule has 154 valence electrons. The van der Waals surface area contributed by atoms with Crippen LogP contribution in [-0.2, 0) is 14.3 Å². The molecule has 8 heteroatoms. The number of ketones is 1. The maximum atomic E-state index is 12.6. The van der Waals surface area contributed by atoms with E-state index >= 15 is 0 Å². The van der Waals surface area contributed by atoms with E-state index in [1.807, 2.05) is 0 Å². The number of nitrogens with zero attached hydrogens (tertiary/aromatic N) is 1. The van der Waals surface area contributed by atoms with Gasteiger partial charge in [0.25, 0.3) is 5.91 Å². The molecule has 0 radical (unpaired) electrons. The summed E-state index contributed by atoms with van der Waals surface area (Å²) in [5.74, 6) is -0.360. The normalized spacial score (nSPS) is 22.3. The van der Waals surface area contributed by atoms with Gasteiger partial charge in [0.2, 0.25) is 5.78 Å². The molecule has 2 rings (SSSR count). The van der Waals surface area contributed by atoms with Crippen LogP contribution < -0.4 is 16.0 Å². The van der Waals surface area contributed by atoms with Crippen molar-refractivity contribution in [2.75, 3.05) is 17.2 Å². The van der Waals surface area contributed by atoms with Crippen LogP contribution in [0.4, 0.5) is 16.3 Å². The van der Waals surface area contributed by atoms with Crippen molar-refractivity contribution in [3.63, 3.8) is 0 Å². The molecule has 0 spiro atoms. The van der Waals surface area contributed by atoms with Crippen molar-refractivity contribution in [3.05, 3.63) is 17.8 Å². The monoisotopic (exact) mass is 390 g/mol. The van der Waals surface area contributed by atoms with Gasteiger partial charge in [-0.1, -0.05) is 6.92 Å². The number of aryl methyl sites for hydroxylation is 1. The van der Waals surface area contributed by atoms with Crippen LogP contribution >= 0.6 is 0 Å². The number of nitrogens with one attached hydrogen (secondary N) is 3. The number of Topliss-reactive ketones (excluding diaryl/α,β-unsaturated/α-hetero) is 1. The van der Waals surface area contributed by atoms with Gasteiger partial charge in [0.1, 0.15) is 11.4 Å². The number of rotatable bonds is 4. The van der Waals surface area contributed by atoms with Gasteiger partial charge >= 0.3 is 6.09 Å². The predicted octanol–water partition coefficient (Wildman–Crippen LogP) is 3.02.